The predicted molar refractivity (Wildman–Crippen MR) is 52.5 cm³/mol. The molecule has 0 aliphatic carbocycles. The summed E-state index contributed by atoms with van der Waals surface area (Å²) in [6.07, 6.45) is 0.249. The van der Waals surface area contributed by atoms with Crippen LogP contribution in [0.15, 0.2) is 0 Å². The van der Waals surface area contributed by atoms with Gasteiger partial charge in [0.05, 0.1) is 25.1 Å². The highest BCUT2D eigenvalue weighted by Crippen LogP contribution is 2.10. The number of hydrogen-bond acceptors (Lipinski definition) is 4. The maximum absolute atomic E-state index is 11.6. The molecule has 0 spiro atoms. The van der Waals surface area contributed by atoms with Crippen LogP contribution in [-0.2, 0) is 14.8 Å². The average Bonchev–Trinajstić information content (AvgIpc) is 2.18. The van der Waals surface area contributed by atoms with Crippen molar-refractivity contribution in [3.63, 3.8) is 0 Å². The number of morpholine rings is 1. The van der Waals surface area contributed by atoms with Gasteiger partial charge in [0.1, 0.15) is 0 Å². The van der Waals surface area contributed by atoms with Crippen molar-refractivity contribution in [2.24, 2.45) is 0 Å². The number of nitrogens with zero attached hydrogens (tertiary/aromatic N) is 1. The topological polar surface area (TPSA) is 66.8 Å². The van der Waals surface area contributed by atoms with Crippen molar-refractivity contribution in [3.8, 4) is 0 Å². The van der Waals surface area contributed by atoms with Gasteiger partial charge < -0.3 is 9.84 Å². The zero-order valence-electron chi connectivity index (χ0n) is 8.35. The van der Waals surface area contributed by atoms with E-state index in [9.17, 15) is 8.42 Å². The highest BCUT2D eigenvalue weighted by atomic mass is 32.2. The standard InChI is InChI=1S/C8H17NO4S/c1-2-5-14(11,12)9-3-4-13-8(6-9)7-10/h8,10H,2-7H2,1H3. The first kappa shape index (κ1) is 11.9. The Morgan fingerprint density at radius 3 is 2.86 bits per heavy atom. The van der Waals surface area contributed by atoms with E-state index in [0.29, 0.717) is 19.6 Å². The molecule has 0 bridgehead atoms. The second kappa shape index (κ2) is 5.06. The van der Waals surface area contributed by atoms with E-state index in [1.165, 1.54) is 4.31 Å². The number of ether oxygens (including phenoxy) is 1. The molecule has 1 atom stereocenters. The van der Waals surface area contributed by atoms with Crippen molar-refractivity contribution in [1.29, 1.82) is 0 Å². The second-order valence-corrected chi connectivity index (χ2v) is 5.44. The molecule has 1 aliphatic heterocycles. The number of aliphatic hydroxyl groups is 1. The maximum atomic E-state index is 11.6. The van der Waals surface area contributed by atoms with E-state index in [-0.39, 0.29) is 25.0 Å². The second-order valence-electron chi connectivity index (χ2n) is 3.35. The molecule has 1 aliphatic rings. The smallest absolute Gasteiger partial charge is 0.214 e. The molecule has 84 valence electrons. The van der Waals surface area contributed by atoms with Crippen LogP contribution < -0.4 is 0 Å². The Hall–Kier alpha value is -0.170. The lowest BCUT2D eigenvalue weighted by Gasteiger charge is -2.31. The van der Waals surface area contributed by atoms with Crippen molar-refractivity contribution in [2.45, 2.75) is 19.4 Å². The molecule has 0 amide bonds. The van der Waals surface area contributed by atoms with Gasteiger partial charge in [-0.15, -0.1) is 0 Å². The van der Waals surface area contributed by atoms with Gasteiger partial charge in [0.2, 0.25) is 10.0 Å². The van der Waals surface area contributed by atoms with E-state index in [1.54, 1.807) is 0 Å². The normalized spacial score (nSPS) is 25.1. The third-order valence-corrected chi connectivity index (χ3v) is 4.20. The minimum atomic E-state index is -3.13. The van der Waals surface area contributed by atoms with Crippen LogP contribution in [0.2, 0.25) is 0 Å². The average molecular weight is 223 g/mol. The van der Waals surface area contributed by atoms with Gasteiger partial charge in [0.15, 0.2) is 0 Å². The predicted octanol–water partition coefficient (Wildman–Crippen LogP) is -0.581. The molecule has 1 rings (SSSR count). The van der Waals surface area contributed by atoms with Crippen LogP contribution in [0.5, 0.6) is 0 Å². The summed E-state index contributed by atoms with van der Waals surface area (Å²) in [6, 6.07) is 0. The summed E-state index contributed by atoms with van der Waals surface area (Å²) in [5.74, 6) is 0.172. The summed E-state index contributed by atoms with van der Waals surface area (Å²) in [4.78, 5) is 0. The third kappa shape index (κ3) is 2.91. The Morgan fingerprint density at radius 1 is 1.57 bits per heavy atom. The monoisotopic (exact) mass is 223 g/mol. The van der Waals surface area contributed by atoms with Crippen LogP contribution in [-0.4, -0.2) is 56.0 Å². The number of sulfonamides is 1. The summed E-state index contributed by atoms with van der Waals surface area (Å²) in [6.45, 7) is 2.76. The molecule has 6 heteroatoms. The van der Waals surface area contributed by atoms with Gasteiger partial charge in [0.25, 0.3) is 0 Å². The van der Waals surface area contributed by atoms with Crippen LogP contribution in [0.25, 0.3) is 0 Å². The van der Waals surface area contributed by atoms with Crippen molar-refractivity contribution in [1.82, 2.24) is 4.31 Å². The Labute approximate surface area is 84.7 Å². The van der Waals surface area contributed by atoms with Crippen LogP contribution in [0.4, 0.5) is 0 Å². The first-order chi connectivity index (χ1) is 6.60. The summed E-state index contributed by atoms with van der Waals surface area (Å²) in [5.41, 5.74) is 0. The first-order valence-electron chi connectivity index (χ1n) is 4.80. The Bertz CT molecular complexity index is 265. The van der Waals surface area contributed by atoms with E-state index in [0.717, 1.165) is 0 Å². The molecule has 1 unspecified atom stereocenters. The zero-order chi connectivity index (χ0) is 10.6. The fourth-order valence-electron chi connectivity index (χ4n) is 1.44. The van der Waals surface area contributed by atoms with Gasteiger partial charge in [-0.25, -0.2) is 8.42 Å². The lowest BCUT2D eigenvalue weighted by Crippen LogP contribution is -2.47. The maximum Gasteiger partial charge on any atom is 0.214 e. The van der Waals surface area contributed by atoms with Crippen LogP contribution in [0, 0.1) is 0 Å². The molecular weight excluding hydrogens is 206 g/mol. The lowest BCUT2D eigenvalue weighted by atomic mass is 10.3. The summed E-state index contributed by atoms with van der Waals surface area (Å²) in [7, 11) is -3.13. The third-order valence-electron chi connectivity index (χ3n) is 2.16. The van der Waals surface area contributed by atoms with Crippen LogP contribution >= 0.6 is 0 Å². The van der Waals surface area contributed by atoms with Crippen molar-refractivity contribution in [2.75, 3.05) is 32.1 Å². The molecule has 0 aromatic heterocycles. The quantitative estimate of drug-likeness (QED) is 0.692. The van der Waals surface area contributed by atoms with Gasteiger partial charge in [-0.1, -0.05) is 6.92 Å². The number of rotatable bonds is 4. The summed E-state index contributed by atoms with van der Waals surface area (Å²) >= 11 is 0. The molecule has 1 fully saturated rings. The van der Waals surface area contributed by atoms with Crippen molar-refractivity contribution in [3.05, 3.63) is 0 Å². The Morgan fingerprint density at radius 2 is 2.29 bits per heavy atom. The molecule has 1 saturated heterocycles. The molecule has 5 nitrogen and oxygen atoms in total. The molecule has 1 N–H and O–H groups in total. The fourth-order valence-corrected chi connectivity index (χ4v) is 2.96. The largest absolute Gasteiger partial charge is 0.394 e. The molecule has 0 aromatic carbocycles. The van der Waals surface area contributed by atoms with Gasteiger partial charge in [-0.2, -0.15) is 4.31 Å². The Kier molecular flexibility index (Phi) is 4.31. The molecule has 0 radical (unpaired) electrons. The van der Waals surface area contributed by atoms with Gasteiger partial charge >= 0.3 is 0 Å². The molecule has 0 aromatic rings. The minimum Gasteiger partial charge on any atom is -0.394 e. The van der Waals surface area contributed by atoms with Crippen LogP contribution in [0.3, 0.4) is 0 Å². The summed E-state index contributed by atoms with van der Waals surface area (Å²) < 4.78 is 29.8. The highest BCUT2D eigenvalue weighted by Gasteiger charge is 2.28. The first-order valence-corrected chi connectivity index (χ1v) is 6.41. The minimum absolute atomic E-state index is 0.127. The molecule has 0 saturated carbocycles. The van der Waals surface area contributed by atoms with E-state index in [4.69, 9.17) is 9.84 Å². The van der Waals surface area contributed by atoms with E-state index >= 15 is 0 Å². The van der Waals surface area contributed by atoms with Gasteiger partial charge in [0, 0.05) is 13.1 Å². The zero-order valence-corrected chi connectivity index (χ0v) is 9.16. The fraction of sp³-hybridized carbons (Fsp3) is 1.00. The number of aliphatic hydroxyl groups excluding tert-OH is 1. The highest BCUT2D eigenvalue weighted by molar-refractivity contribution is 7.89. The van der Waals surface area contributed by atoms with E-state index in [2.05, 4.69) is 0 Å². The lowest BCUT2D eigenvalue weighted by molar-refractivity contribution is -0.0304. The summed E-state index contributed by atoms with van der Waals surface area (Å²) in [5, 5.41) is 8.86. The van der Waals surface area contributed by atoms with E-state index < -0.39 is 10.0 Å². The molecular formula is C8H17NO4S. The van der Waals surface area contributed by atoms with Crippen molar-refractivity contribution < 1.29 is 18.3 Å². The SMILES string of the molecule is CCCS(=O)(=O)N1CCOC(CO)C1. The Balaban J connectivity index is 2.59. The van der Waals surface area contributed by atoms with Crippen molar-refractivity contribution >= 4 is 10.0 Å². The molecule has 1 heterocycles. The number of hydrogen-bond donors (Lipinski definition) is 1. The van der Waals surface area contributed by atoms with E-state index in [1.807, 2.05) is 6.92 Å². The van der Waals surface area contributed by atoms with Crippen LogP contribution in [0.1, 0.15) is 13.3 Å². The van der Waals surface area contributed by atoms with Gasteiger partial charge in [-0.05, 0) is 6.42 Å². The van der Waals surface area contributed by atoms with Gasteiger partial charge in [-0.3, -0.25) is 0 Å². The molecule has 14 heavy (non-hydrogen) atoms.